The molecule has 0 atom stereocenters. The Balaban J connectivity index is 1.97. The van der Waals surface area contributed by atoms with Crippen molar-refractivity contribution in [3.05, 3.63) is 35.4 Å². The summed E-state index contributed by atoms with van der Waals surface area (Å²) in [6.45, 7) is 7.33. The van der Waals surface area contributed by atoms with Crippen LogP contribution in [-0.2, 0) is 12.0 Å². The second kappa shape index (κ2) is 5.24. The minimum Gasteiger partial charge on any atom is -0.370 e. The van der Waals surface area contributed by atoms with Gasteiger partial charge in [0.05, 0.1) is 6.54 Å². The summed E-state index contributed by atoms with van der Waals surface area (Å²) in [7, 11) is 2.03. The lowest BCUT2D eigenvalue weighted by molar-refractivity contribution is 0.487. The highest BCUT2D eigenvalue weighted by atomic mass is 15.3. The molecule has 19 heavy (non-hydrogen) atoms. The fraction of sp³-hybridized carbons (Fsp3) is 0.562. The van der Waals surface area contributed by atoms with Crippen LogP contribution in [0.15, 0.2) is 29.3 Å². The number of guanidine groups is 1. The van der Waals surface area contributed by atoms with Crippen molar-refractivity contribution in [1.82, 2.24) is 4.90 Å². The first kappa shape index (κ1) is 13.9. The minimum absolute atomic E-state index is 0.201. The number of aliphatic imine (C=N–C) groups is 1. The molecule has 0 saturated heterocycles. The van der Waals surface area contributed by atoms with E-state index in [9.17, 15) is 0 Å². The molecule has 0 bridgehead atoms. The molecule has 3 heteroatoms. The van der Waals surface area contributed by atoms with Crippen molar-refractivity contribution in [2.24, 2.45) is 10.7 Å². The molecule has 2 rings (SSSR count). The van der Waals surface area contributed by atoms with Gasteiger partial charge in [-0.05, 0) is 29.4 Å². The Labute approximate surface area is 116 Å². The molecular formula is C16H25N3. The molecule has 0 aliphatic heterocycles. The highest BCUT2D eigenvalue weighted by Gasteiger charge is 2.27. The van der Waals surface area contributed by atoms with Gasteiger partial charge in [0.25, 0.3) is 0 Å². The average Bonchev–Trinajstić information content (AvgIpc) is 3.18. The van der Waals surface area contributed by atoms with Crippen molar-refractivity contribution < 1.29 is 0 Å². The molecule has 1 saturated carbocycles. The van der Waals surface area contributed by atoms with Gasteiger partial charge in [0.2, 0.25) is 0 Å². The molecule has 0 unspecified atom stereocenters. The first-order valence-corrected chi connectivity index (χ1v) is 7.00. The second-order valence-corrected chi connectivity index (χ2v) is 6.46. The largest absolute Gasteiger partial charge is 0.370 e. The van der Waals surface area contributed by atoms with E-state index in [1.807, 2.05) is 7.05 Å². The zero-order valence-corrected chi connectivity index (χ0v) is 12.5. The number of benzene rings is 1. The van der Waals surface area contributed by atoms with Crippen LogP contribution in [0.5, 0.6) is 0 Å². The van der Waals surface area contributed by atoms with Crippen LogP contribution in [0.25, 0.3) is 0 Å². The van der Waals surface area contributed by atoms with Crippen molar-refractivity contribution in [3.63, 3.8) is 0 Å². The summed E-state index contributed by atoms with van der Waals surface area (Å²) in [5.74, 6) is 0.655. The Morgan fingerprint density at radius 2 is 1.84 bits per heavy atom. The molecule has 0 aromatic heterocycles. The van der Waals surface area contributed by atoms with E-state index in [1.165, 1.54) is 24.0 Å². The monoisotopic (exact) mass is 259 g/mol. The smallest absolute Gasteiger partial charge is 0.191 e. The Morgan fingerprint density at radius 3 is 2.32 bits per heavy atom. The number of hydrogen-bond acceptors (Lipinski definition) is 1. The van der Waals surface area contributed by atoms with E-state index >= 15 is 0 Å². The normalized spacial score (nSPS) is 16.5. The number of hydrogen-bond donors (Lipinski definition) is 1. The molecule has 1 fully saturated rings. The van der Waals surface area contributed by atoms with Gasteiger partial charge in [-0.1, -0.05) is 45.0 Å². The van der Waals surface area contributed by atoms with E-state index in [1.54, 1.807) is 0 Å². The van der Waals surface area contributed by atoms with Crippen LogP contribution in [-0.4, -0.2) is 23.9 Å². The molecule has 0 radical (unpaired) electrons. The van der Waals surface area contributed by atoms with Gasteiger partial charge in [-0.3, -0.25) is 0 Å². The van der Waals surface area contributed by atoms with Gasteiger partial charge in [-0.15, -0.1) is 0 Å². The quantitative estimate of drug-likeness (QED) is 0.670. The van der Waals surface area contributed by atoms with Crippen molar-refractivity contribution in [2.45, 2.75) is 51.6 Å². The lowest BCUT2D eigenvalue weighted by Gasteiger charge is -2.19. The first-order valence-electron chi connectivity index (χ1n) is 7.00. The van der Waals surface area contributed by atoms with E-state index in [-0.39, 0.29) is 5.41 Å². The molecule has 0 spiro atoms. The van der Waals surface area contributed by atoms with Gasteiger partial charge in [-0.25, -0.2) is 4.99 Å². The number of rotatable bonds is 3. The average molecular weight is 259 g/mol. The highest BCUT2D eigenvalue weighted by Crippen LogP contribution is 2.25. The van der Waals surface area contributed by atoms with Gasteiger partial charge in [0, 0.05) is 13.1 Å². The zero-order chi connectivity index (χ0) is 14.0. The summed E-state index contributed by atoms with van der Waals surface area (Å²) in [6.07, 6.45) is 2.49. The maximum absolute atomic E-state index is 5.98. The van der Waals surface area contributed by atoms with Gasteiger partial charge >= 0.3 is 0 Å². The maximum Gasteiger partial charge on any atom is 0.191 e. The van der Waals surface area contributed by atoms with Gasteiger partial charge in [0.15, 0.2) is 5.96 Å². The van der Waals surface area contributed by atoms with E-state index in [0.717, 1.165) is 0 Å². The summed E-state index contributed by atoms with van der Waals surface area (Å²) in [5.41, 5.74) is 8.74. The Hall–Kier alpha value is -1.51. The highest BCUT2D eigenvalue weighted by molar-refractivity contribution is 5.78. The van der Waals surface area contributed by atoms with Gasteiger partial charge in [-0.2, -0.15) is 0 Å². The molecule has 3 nitrogen and oxygen atoms in total. The van der Waals surface area contributed by atoms with E-state index in [4.69, 9.17) is 5.73 Å². The molecule has 0 heterocycles. The van der Waals surface area contributed by atoms with Gasteiger partial charge < -0.3 is 10.6 Å². The van der Waals surface area contributed by atoms with Crippen molar-refractivity contribution in [3.8, 4) is 0 Å². The number of nitrogens with two attached hydrogens (primary N) is 1. The predicted octanol–water partition coefficient (Wildman–Crippen LogP) is 2.89. The fourth-order valence-electron chi connectivity index (χ4n) is 2.04. The third kappa shape index (κ3) is 3.72. The van der Waals surface area contributed by atoms with E-state index in [0.29, 0.717) is 18.5 Å². The van der Waals surface area contributed by atoms with Crippen molar-refractivity contribution in [1.29, 1.82) is 0 Å². The molecule has 104 valence electrons. The third-order valence-electron chi connectivity index (χ3n) is 3.70. The maximum atomic E-state index is 5.98. The molecular weight excluding hydrogens is 234 g/mol. The standard InChI is InChI=1S/C16H25N3/c1-16(2,3)13-7-5-12(6-8-13)11-18-15(17)19(4)14-9-10-14/h5-8,14H,9-11H2,1-4H3,(H2,17,18). The third-order valence-corrected chi connectivity index (χ3v) is 3.70. The van der Waals surface area contributed by atoms with Crippen LogP contribution in [0.1, 0.15) is 44.7 Å². The minimum atomic E-state index is 0.201. The topological polar surface area (TPSA) is 41.6 Å². The predicted molar refractivity (Wildman–Crippen MR) is 81.3 cm³/mol. The first-order chi connectivity index (χ1) is 8.88. The fourth-order valence-corrected chi connectivity index (χ4v) is 2.04. The van der Waals surface area contributed by atoms with Crippen LogP contribution in [0.2, 0.25) is 0 Å². The van der Waals surface area contributed by atoms with Crippen LogP contribution in [0.4, 0.5) is 0 Å². The molecule has 2 N–H and O–H groups in total. The van der Waals surface area contributed by atoms with Crippen molar-refractivity contribution >= 4 is 5.96 Å². The van der Waals surface area contributed by atoms with Crippen LogP contribution in [0, 0.1) is 0 Å². The van der Waals surface area contributed by atoms with E-state index in [2.05, 4.69) is 54.9 Å². The van der Waals surface area contributed by atoms with E-state index < -0.39 is 0 Å². The molecule has 0 amide bonds. The lowest BCUT2D eigenvalue weighted by atomic mass is 9.87. The SMILES string of the molecule is CN(C(N)=NCc1ccc(C(C)(C)C)cc1)C1CC1. The zero-order valence-electron chi connectivity index (χ0n) is 12.5. The summed E-state index contributed by atoms with van der Waals surface area (Å²) in [6, 6.07) is 9.28. The van der Waals surface area contributed by atoms with Crippen LogP contribution < -0.4 is 5.73 Å². The Kier molecular flexibility index (Phi) is 3.83. The molecule has 1 aliphatic rings. The number of nitrogens with zero attached hydrogens (tertiary/aromatic N) is 2. The Morgan fingerprint density at radius 1 is 1.26 bits per heavy atom. The summed E-state index contributed by atoms with van der Waals surface area (Å²) in [5, 5.41) is 0. The van der Waals surface area contributed by atoms with Crippen molar-refractivity contribution in [2.75, 3.05) is 7.05 Å². The summed E-state index contributed by atoms with van der Waals surface area (Å²) < 4.78 is 0. The Bertz CT molecular complexity index is 450. The molecule has 1 aromatic carbocycles. The molecule has 1 aliphatic carbocycles. The summed E-state index contributed by atoms with van der Waals surface area (Å²) >= 11 is 0. The lowest BCUT2D eigenvalue weighted by Crippen LogP contribution is -2.35. The summed E-state index contributed by atoms with van der Waals surface area (Å²) in [4.78, 5) is 6.55. The van der Waals surface area contributed by atoms with Crippen LogP contribution in [0.3, 0.4) is 0 Å². The van der Waals surface area contributed by atoms with Crippen LogP contribution >= 0.6 is 0 Å². The molecule has 1 aromatic rings. The van der Waals surface area contributed by atoms with Gasteiger partial charge in [0.1, 0.15) is 0 Å². The second-order valence-electron chi connectivity index (χ2n) is 6.46.